The molecule has 8 heterocycles. The predicted molar refractivity (Wildman–Crippen MR) is 473 cm³/mol. The molecule has 0 bridgehead atoms. The number of fused-ring (bicyclic) bond motifs is 8. The lowest BCUT2D eigenvalue weighted by Gasteiger charge is -2.47. The van der Waals surface area contributed by atoms with Gasteiger partial charge in [0.1, 0.15) is 23.0 Å². The van der Waals surface area contributed by atoms with Gasteiger partial charge in [0.05, 0.1) is 67.8 Å². The van der Waals surface area contributed by atoms with Crippen molar-refractivity contribution in [3.05, 3.63) is 279 Å². The number of hydrogen-bond donors (Lipinski definition) is 0. The number of hydrogen-bond acceptors (Lipinski definition) is 24. The Kier molecular flexibility index (Phi) is 25.4. The highest BCUT2D eigenvalue weighted by atomic mass is 16.6. The molecule has 0 unspecified atom stereocenters. The number of benzene rings is 8. The Balaban J connectivity index is 0.000000142. The van der Waals surface area contributed by atoms with Crippen LogP contribution in [-0.2, 0) is 59.8 Å². The summed E-state index contributed by atoms with van der Waals surface area (Å²) in [5.41, 5.74) is 6.86. The van der Waals surface area contributed by atoms with Crippen LogP contribution < -0.4 is 38.5 Å². The number of rotatable bonds is 24. The van der Waals surface area contributed by atoms with Crippen LogP contribution in [0.4, 0.5) is 45.5 Å². The highest BCUT2D eigenvalue weighted by Crippen LogP contribution is 2.60. The number of nitrogens with zero attached hydrogens (tertiary/aromatic N) is 8. The van der Waals surface area contributed by atoms with Crippen LogP contribution in [0.25, 0.3) is 24.3 Å². The molecule has 0 saturated heterocycles. The molecule has 16 rings (SSSR count). The Morgan fingerprint density at radius 2 is 0.500 bits per heavy atom. The number of ether oxygens (including phenoxy) is 8. The zero-order valence-electron chi connectivity index (χ0n) is 71.8. The topological polar surface area (TPSA) is 328 Å². The molecule has 0 radical (unpaired) electrons. The van der Waals surface area contributed by atoms with Gasteiger partial charge < -0.3 is 57.5 Å². The summed E-state index contributed by atoms with van der Waals surface area (Å²) < 4.78 is 46.8. The van der Waals surface area contributed by atoms with Gasteiger partial charge >= 0.3 is 23.9 Å². The molecular formula is C96H104N8O20. The normalized spacial score (nSPS) is 20.2. The average Bonchev–Trinajstić information content (AvgIpc) is 1.56. The van der Waals surface area contributed by atoms with E-state index < -0.39 is 64.3 Å². The van der Waals surface area contributed by atoms with E-state index in [4.69, 9.17) is 37.9 Å². The molecule has 0 N–H and O–H groups in total. The summed E-state index contributed by atoms with van der Waals surface area (Å²) in [7, 11) is 0. The number of carbonyl (C=O) groups excluding carboxylic acids is 4. The van der Waals surface area contributed by atoms with Gasteiger partial charge in [0.15, 0.2) is 0 Å². The number of anilines is 4. The van der Waals surface area contributed by atoms with E-state index in [1.807, 2.05) is 97.1 Å². The fraction of sp³-hybridized carbons (Fsp3) is 0.375. The van der Waals surface area contributed by atoms with Crippen molar-refractivity contribution < 1.29 is 76.8 Å². The second kappa shape index (κ2) is 35.6. The van der Waals surface area contributed by atoms with Gasteiger partial charge in [0.2, 0.25) is 22.9 Å². The van der Waals surface area contributed by atoms with Gasteiger partial charge in [-0.1, -0.05) is 72.8 Å². The van der Waals surface area contributed by atoms with Gasteiger partial charge in [-0.3, -0.25) is 59.6 Å². The van der Waals surface area contributed by atoms with Crippen LogP contribution in [0.3, 0.4) is 0 Å². The molecule has 8 aromatic carbocycles. The largest absolute Gasteiger partial charge is 0.466 e. The smallest absolute Gasteiger partial charge is 0.305 e. The van der Waals surface area contributed by atoms with Crippen LogP contribution >= 0.6 is 0 Å². The van der Waals surface area contributed by atoms with Gasteiger partial charge in [-0.2, -0.15) is 0 Å². The molecule has 0 aromatic heterocycles. The van der Waals surface area contributed by atoms with E-state index in [1.165, 1.54) is 48.5 Å². The maximum absolute atomic E-state index is 11.9. The number of non-ortho nitro benzene ring substituents is 4. The zero-order valence-corrected chi connectivity index (χ0v) is 71.8. The van der Waals surface area contributed by atoms with E-state index in [9.17, 15) is 59.6 Å². The number of carbonyl (C=O) groups is 4. The summed E-state index contributed by atoms with van der Waals surface area (Å²) in [6, 6.07) is 51.3. The van der Waals surface area contributed by atoms with Gasteiger partial charge in [-0.15, -0.1) is 0 Å². The molecule has 0 saturated carbocycles. The molecular weight excluding hydrogens is 1590 g/mol. The molecule has 0 aliphatic carbocycles. The Morgan fingerprint density at radius 3 is 0.685 bits per heavy atom. The molecule has 8 aromatic rings. The van der Waals surface area contributed by atoms with Crippen molar-refractivity contribution >= 4 is 93.7 Å². The maximum Gasteiger partial charge on any atom is 0.305 e. The van der Waals surface area contributed by atoms with Crippen molar-refractivity contribution in [2.24, 2.45) is 0 Å². The van der Waals surface area contributed by atoms with Crippen molar-refractivity contribution in [1.82, 2.24) is 0 Å². The molecule has 4 spiro atoms. The summed E-state index contributed by atoms with van der Waals surface area (Å²) in [5, 5.41) is 44.6. The Labute approximate surface area is 720 Å². The molecule has 28 nitrogen and oxygen atoms in total. The van der Waals surface area contributed by atoms with Gasteiger partial charge in [-0.05, 0) is 228 Å². The third kappa shape index (κ3) is 16.2. The van der Waals surface area contributed by atoms with E-state index >= 15 is 0 Å². The SMILES string of the molecule is CCOC(=O)CCCN1c2ccccc2C(C)(C)[C@@]12C=Cc1cc([N+](=O)[O-])ccc1O2.CCOC(=O)CCCN1c2ccccc2C(C)(C)[C@@]12C=Cc1cc([N+](=O)[O-])ccc1O2.CCOC(=O)CCCN1c2ccccc2C(C)(C)[C@]12C=Cc1cc([N+](=O)[O-])ccc1O2.CCOC(=O)CCCN1c2ccccc2C(C)(C)[C@]12C=Cc1cc([N+](=O)[O-])ccc1O2. The first kappa shape index (κ1) is 88.4. The standard InChI is InChI=1S/4C24H26N2O5/c4*1-4-30-22(27)10-7-15-25-20-9-6-5-8-19(20)23(2,3)24(25)14-13-17-16-18(26(28)29)11-12-21(17)31-24/h4*5-6,8-9,11-14,16H,4,7,10,15H2,1-3H3/t4*24-/m1100/s1. The molecule has 0 amide bonds. The predicted octanol–water partition coefficient (Wildman–Crippen LogP) is 19.4. The molecule has 28 heteroatoms. The fourth-order valence-corrected chi connectivity index (χ4v) is 18.4. The Hall–Kier alpha value is -13.4. The molecule has 0 fully saturated rings. The minimum Gasteiger partial charge on any atom is -0.466 e. The maximum atomic E-state index is 11.9. The van der Waals surface area contributed by atoms with Gasteiger partial charge in [-0.25, -0.2) is 0 Å². The number of para-hydroxylation sites is 4. The summed E-state index contributed by atoms with van der Waals surface area (Å²) >= 11 is 0. The Morgan fingerprint density at radius 1 is 0.306 bits per heavy atom. The highest BCUT2D eigenvalue weighted by Gasteiger charge is 2.63. The fourth-order valence-electron chi connectivity index (χ4n) is 18.4. The lowest BCUT2D eigenvalue weighted by molar-refractivity contribution is -0.385. The van der Waals surface area contributed by atoms with E-state index in [1.54, 1.807) is 52.0 Å². The minimum absolute atomic E-state index is 0.0308. The first-order valence-corrected chi connectivity index (χ1v) is 42.0. The van der Waals surface area contributed by atoms with Crippen LogP contribution in [0, 0.1) is 40.5 Å². The highest BCUT2D eigenvalue weighted by molar-refractivity contribution is 5.80. The lowest BCUT2D eigenvalue weighted by atomic mass is 9.76. The van der Waals surface area contributed by atoms with Gasteiger partial charge in [0, 0.05) is 145 Å². The quantitative estimate of drug-likeness (QED) is 0.0235. The van der Waals surface area contributed by atoms with E-state index in [0.717, 1.165) is 45.0 Å². The Bertz CT molecular complexity index is 4920. The summed E-state index contributed by atoms with van der Waals surface area (Å²) in [4.78, 5) is 99.2. The third-order valence-corrected chi connectivity index (χ3v) is 24.8. The lowest BCUT2D eigenvalue weighted by Crippen LogP contribution is -2.59. The summed E-state index contributed by atoms with van der Waals surface area (Å²) in [5.74, 6) is 1.58. The number of nitro benzene ring substituents is 4. The second-order valence-corrected chi connectivity index (χ2v) is 33.3. The zero-order chi connectivity index (χ0) is 88.9. The van der Waals surface area contributed by atoms with Crippen LogP contribution in [-0.4, -0.2) is 119 Å². The molecule has 648 valence electrons. The van der Waals surface area contributed by atoms with Crippen molar-refractivity contribution in [2.45, 2.75) is 179 Å². The van der Waals surface area contributed by atoms with Crippen LogP contribution in [0.1, 0.15) is 179 Å². The minimum atomic E-state index is -0.811. The van der Waals surface area contributed by atoms with Crippen LogP contribution in [0.5, 0.6) is 23.0 Å². The van der Waals surface area contributed by atoms with E-state index in [2.05, 4.69) is 124 Å². The van der Waals surface area contributed by atoms with Crippen LogP contribution in [0.15, 0.2) is 194 Å². The molecule has 8 aliphatic heterocycles. The first-order chi connectivity index (χ1) is 59.2. The summed E-state index contributed by atoms with van der Waals surface area (Å²) in [6.45, 7) is 28.2. The first-order valence-electron chi connectivity index (χ1n) is 42.0. The monoisotopic (exact) mass is 1690 g/mol. The number of esters is 4. The molecule has 4 atom stereocenters. The summed E-state index contributed by atoms with van der Waals surface area (Å²) in [6.07, 6.45) is 19.4. The van der Waals surface area contributed by atoms with Gasteiger partial charge in [0.25, 0.3) is 22.7 Å². The number of nitro groups is 4. The average molecular weight is 1690 g/mol. The van der Waals surface area contributed by atoms with Crippen molar-refractivity contribution in [1.29, 1.82) is 0 Å². The van der Waals surface area contributed by atoms with Crippen molar-refractivity contribution in [3.63, 3.8) is 0 Å². The third-order valence-electron chi connectivity index (χ3n) is 24.8. The van der Waals surface area contributed by atoms with E-state index in [0.29, 0.717) is 149 Å². The van der Waals surface area contributed by atoms with E-state index in [-0.39, 0.29) is 46.6 Å². The van der Waals surface area contributed by atoms with Crippen molar-refractivity contribution in [2.75, 3.05) is 72.2 Å². The second-order valence-electron chi connectivity index (χ2n) is 33.3. The molecule has 8 aliphatic rings. The van der Waals surface area contributed by atoms with Crippen molar-refractivity contribution in [3.8, 4) is 23.0 Å². The molecule has 124 heavy (non-hydrogen) atoms. The van der Waals surface area contributed by atoms with Crippen LogP contribution in [0.2, 0.25) is 0 Å².